The van der Waals surface area contributed by atoms with E-state index < -0.39 is 0 Å². The fourth-order valence-electron chi connectivity index (χ4n) is 4.33. The number of rotatable bonds is 6. The summed E-state index contributed by atoms with van der Waals surface area (Å²) in [5.74, 6) is 0.798. The van der Waals surface area contributed by atoms with E-state index in [9.17, 15) is 4.79 Å². The predicted molar refractivity (Wildman–Crippen MR) is 94.3 cm³/mol. The molecule has 2 saturated heterocycles. The minimum absolute atomic E-state index is 0.303. The number of nitrogens with zero attached hydrogens (tertiary/aromatic N) is 2. The third kappa shape index (κ3) is 4.21. The molecule has 0 aromatic heterocycles. The second-order valence-electron chi connectivity index (χ2n) is 7.58. The van der Waals surface area contributed by atoms with E-state index in [1.54, 1.807) is 0 Å². The van der Waals surface area contributed by atoms with Crippen LogP contribution >= 0.6 is 0 Å². The van der Waals surface area contributed by atoms with Crippen molar-refractivity contribution in [3.8, 4) is 0 Å². The van der Waals surface area contributed by atoms with Gasteiger partial charge in [-0.25, -0.2) is 0 Å². The lowest BCUT2D eigenvalue weighted by molar-refractivity contribution is -0.127. The largest absolute Gasteiger partial charge is 0.309 e. The molecular weight excluding hydrogens is 284 g/mol. The molecule has 3 heteroatoms. The van der Waals surface area contributed by atoms with Crippen LogP contribution in [0.4, 0.5) is 0 Å². The smallest absolute Gasteiger partial charge is 0.137 e. The van der Waals surface area contributed by atoms with Crippen LogP contribution in [0.1, 0.15) is 44.1 Å². The molecule has 0 aliphatic carbocycles. The van der Waals surface area contributed by atoms with Crippen LogP contribution in [0.25, 0.3) is 0 Å². The SMILES string of the molecule is CN(C)CCC(=O)C1CC2CCCC(C1)N2Cc1ccccc1. The molecule has 23 heavy (non-hydrogen) atoms. The Labute approximate surface area is 140 Å². The number of Topliss-reactive ketones (excluding diaryl/α,β-unsaturated/α-hetero) is 1. The van der Waals surface area contributed by atoms with Gasteiger partial charge in [0.25, 0.3) is 0 Å². The maximum Gasteiger partial charge on any atom is 0.137 e. The van der Waals surface area contributed by atoms with Gasteiger partial charge in [-0.2, -0.15) is 0 Å². The first-order chi connectivity index (χ1) is 11.1. The molecule has 0 radical (unpaired) electrons. The average Bonchev–Trinajstić information content (AvgIpc) is 2.53. The third-order valence-electron chi connectivity index (χ3n) is 5.59. The standard InChI is InChI=1S/C20H30N2O/c1-21(2)12-11-20(23)17-13-18-9-6-10-19(14-17)22(18)15-16-7-4-3-5-8-16/h3-5,7-8,17-19H,6,9-15H2,1-2H3. The molecule has 2 aliphatic rings. The van der Waals surface area contributed by atoms with Crippen LogP contribution in [0, 0.1) is 5.92 Å². The molecule has 0 N–H and O–H groups in total. The second kappa shape index (κ2) is 7.59. The topological polar surface area (TPSA) is 23.6 Å². The van der Waals surface area contributed by atoms with E-state index in [-0.39, 0.29) is 0 Å². The van der Waals surface area contributed by atoms with Crippen LogP contribution in [-0.2, 0) is 11.3 Å². The molecule has 0 saturated carbocycles. The molecule has 2 fully saturated rings. The Morgan fingerprint density at radius 1 is 1.13 bits per heavy atom. The summed E-state index contributed by atoms with van der Waals surface area (Å²) in [5, 5.41) is 0. The van der Waals surface area contributed by atoms with Crippen molar-refractivity contribution in [1.29, 1.82) is 0 Å². The Kier molecular flexibility index (Phi) is 5.50. The molecule has 2 unspecified atom stereocenters. The van der Waals surface area contributed by atoms with Crippen molar-refractivity contribution in [3.05, 3.63) is 35.9 Å². The minimum atomic E-state index is 0.303. The van der Waals surface area contributed by atoms with Gasteiger partial charge in [0, 0.05) is 37.5 Å². The predicted octanol–water partition coefficient (Wildman–Crippen LogP) is 3.34. The quantitative estimate of drug-likeness (QED) is 0.804. The summed E-state index contributed by atoms with van der Waals surface area (Å²) in [4.78, 5) is 17.4. The summed E-state index contributed by atoms with van der Waals surface area (Å²) in [7, 11) is 4.09. The first-order valence-electron chi connectivity index (χ1n) is 9.10. The summed E-state index contributed by atoms with van der Waals surface area (Å²) in [6, 6.07) is 12.0. The molecule has 2 aliphatic heterocycles. The van der Waals surface area contributed by atoms with Crippen molar-refractivity contribution >= 4 is 5.78 Å². The van der Waals surface area contributed by atoms with Crippen LogP contribution in [0.3, 0.4) is 0 Å². The first kappa shape index (κ1) is 16.7. The van der Waals surface area contributed by atoms with Crippen molar-refractivity contribution in [2.45, 2.75) is 57.2 Å². The van der Waals surface area contributed by atoms with Crippen LogP contribution < -0.4 is 0 Å². The van der Waals surface area contributed by atoms with Gasteiger partial charge in [0.05, 0.1) is 0 Å². The van der Waals surface area contributed by atoms with Gasteiger partial charge in [0.2, 0.25) is 0 Å². The number of hydrogen-bond donors (Lipinski definition) is 0. The zero-order valence-corrected chi connectivity index (χ0v) is 14.6. The number of benzene rings is 1. The van der Waals surface area contributed by atoms with Gasteiger partial charge in [-0.05, 0) is 45.3 Å². The molecule has 1 aromatic rings. The molecule has 3 nitrogen and oxygen atoms in total. The molecule has 1 aromatic carbocycles. The number of carbonyl (C=O) groups excluding carboxylic acids is 1. The summed E-state index contributed by atoms with van der Waals surface area (Å²) in [6.45, 7) is 1.94. The van der Waals surface area contributed by atoms with E-state index in [0.717, 1.165) is 32.4 Å². The van der Waals surface area contributed by atoms with Crippen LogP contribution in [0.15, 0.2) is 30.3 Å². The monoisotopic (exact) mass is 314 g/mol. The summed E-state index contributed by atoms with van der Waals surface area (Å²) >= 11 is 0. The van der Waals surface area contributed by atoms with E-state index in [0.29, 0.717) is 23.8 Å². The lowest BCUT2D eigenvalue weighted by Crippen LogP contribution is -2.52. The molecule has 3 rings (SSSR count). The Bertz CT molecular complexity index is 500. The highest BCUT2D eigenvalue weighted by atomic mass is 16.1. The highest BCUT2D eigenvalue weighted by Gasteiger charge is 2.40. The highest BCUT2D eigenvalue weighted by Crippen LogP contribution is 2.38. The van der Waals surface area contributed by atoms with Gasteiger partial charge in [-0.15, -0.1) is 0 Å². The zero-order valence-electron chi connectivity index (χ0n) is 14.6. The van der Waals surface area contributed by atoms with Gasteiger partial charge in [0.15, 0.2) is 0 Å². The fraction of sp³-hybridized carbons (Fsp3) is 0.650. The van der Waals surface area contributed by atoms with Crippen molar-refractivity contribution in [2.75, 3.05) is 20.6 Å². The Hall–Kier alpha value is -1.19. The molecule has 2 bridgehead atoms. The molecule has 0 spiro atoms. The van der Waals surface area contributed by atoms with Gasteiger partial charge in [-0.3, -0.25) is 9.69 Å². The lowest BCUT2D eigenvalue weighted by atomic mass is 9.76. The van der Waals surface area contributed by atoms with Crippen molar-refractivity contribution < 1.29 is 4.79 Å². The maximum absolute atomic E-state index is 12.6. The summed E-state index contributed by atoms with van der Waals surface area (Å²) in [6.07, 6.45) is 6.74. The minimum Gasteiger partial charge on any atom is -0.309 e. The normalized spacial score (nSPS) is 28.0. The zero-order chi connectivity index (χ0) is 16.2. The molecular formula is C20H30N2O. The number of fused-ring (bicyclic) bond motifs is 2. The van der Waals surface area contributed by atoms with Crippen molar-refractivity contribution in [1.82, 2.24) is 9.80 Å². The van der Waals surface area contributed by atoms with E-state index in [1.807, 2.05) is 14.1 Å². The molecule has 126 valence electrons. The van der Waals surface area contributed by atoms with Crippen LogP contribution in [0.5, 0.6) is 0 Å². The Morgan fingerprint density at radius 2 is 1.78 bits per heavy atom. The summed E-state index contributed by atoms with van der Waals surface area (Å²) < 4.78 is 0. The number of carbonyl (C=O) groups is 1. The van der Waals surface area contributed by atoms with Gasteiger partial charge < -0.3 is 4.90 Å². The number of hydrogen-bond acceptors (Lipinski definition) is 3. The highest BCUT2D eigenvalue weighted by molar-refractivity contribution is 5.81. The van der Waals surface area contributed by atoms with E-state index in [4.69, 9.17) is 0 Å². The van der Waals surface area contributed by atoms with E-state index in [1.165, 1.54) is 24.8 Å². The molecule has 2 atom stereocenters. The van der Waals surface area contributed by atoms with E-state index in [2.05, 4.69) is 40.1 Å². The van der Waals surface area contributed by atoms with Gasteiger partial charge in [-0.1, -0.05) is 36.8 Å². The van der Waals surface area contributed by atoms with E-state index >= 15 is 0 Å². The third-order valence-corrected chi connectivity index (χ3v) is 5.59. The fourth-order valence-corrected chi connectivity index (χ4v) is 4.33. The first-order valence-corrected chi connectivity index (χ1v) is 9.10. The Morgan fingerprint density at radius 3 is 2.39 bits per heavy atom. The second-order valence-corrected chi connectivity index (χ2v) is 7.58. The average molecular weight is 314 g/mol. The maximum atomic E-state index is 12.6. The van der Waals surface area contributed by atoms with Crippen LogP contribution in [-0.4, -0.2) is 48.3 Å². The number of ketones is 1. The number of piperidine rings is 2. The summed E-state index contributed by atoms with van der Waals surface area (Å²) in [5.41, 5.74) is 1.40. The van der Waals surface area contributed by atoms with Crippen LogP contribution in [0.2, 0.25) is 0 Å². The van der Waals surface area contributed by atoms with Gasteiger partial charge in [0.1, 0.15) is 5.78 Å². The van der Waals surface area contributed by atoms with Crippen molar-refractivity contribution in [3.63, 3.8) is 0 Å². The van der Waals surface area contributed by atoms with Gasteiger partial charge >= 0.3 is 0 Å². The van der Waals surface area contributed by atoms with Crippen molar-refractivity contribution in [2.24, 2.45) is 5.92 Å². The Balaban J connectivity index is 1.62. The lowest BCUT2D eigenvalue weighted by Gasteiger charge is -2.48. The molecule has 0 amide bonds. The molecule has 2 heterocycles.